The molecule has 3 rings (SSSR count). The molecule has 1 N–H and O–H groups in total. The van der Waals surface area contributed by atoms with Crippen LogP contribution in [0.4, 0.5) is 0 Å². The van der Waals surface area contributed by atoms with Crippen molar-refractivity contribution in [2.75, 3.05) is 20.6 Å². The number of nitrogens with one attached hydrogen (secondary N) is 1. The summed E-state index contributed by atoms with van der Waals surface area (Å²) in [5.41, 5.74) is 3.91. The number of oxazole rings is 1. The zero-order valence-corrected chi connectivity index (χ0v) is 16.9. The maximum Gasteiger partial charge on any atom is 0.226 e. The lowest BCUT2D eigenvalue weighted by atomic mass is 10.1. The Morgan fingerprint density at radius 1 is 1.11 bits per heavy atom. The molecule has 2 aromatic carbocycles. The largest absolute Gasteiger partial charge is 0.441 e. The van der Waals surface area contributed by atoms with Crippen LogP contribution in [0.5, 0.6) is 0 Å². The molecular formula is C23H27N3O2. The van der Waals surface area contributed by atoms with Crippen molar-refractivity contribution in [3.63, 3.8) is 0 Å². The van der Waals surface area contributed by atoms with E-state index >= 15 is 0 Å². The van der Waals surface area contributed by atoms with E-state index in [1.54, 1.807) is 0 Å². The number of likely N-dealkylation sites (N-methyl/N-ethyl adjacent to an activating group) is 1. The van der Waals surface area contributed by atoms with Gasteiger partial charge in [-0.3, -0.25) is 4.79 Å². The Labute approximate surface area is 166 Å². The Hall–Kier alpha value is -2.92. The van der Waals surface area contributed by atoms with Crippen molar-refractivity contribution in [1.82, 2.24) is 15.2 Å². The highest BCUT2D eigenvalue weighted by atomic mass is 16.4. The number of rotatable bonds is 7. The molecule has 0 aliphatic carbocycles. The minimum atomic E-state index is -0.0602. The fourth-order valence-electron chi connectivity index (χ4n) is 3.19. The molecule has 1 amide bonds. The minimum absolute atomic E-state index is 0.0602. The summed E-state index contributed by atoms with van der Waals surface area (Å²) in [5.74, 6) is 1.17. The molecule has 5 heteroatoms. The summed E-state index contributed by atoms with van der Waals surface area (Å²) in [4.78, 5) is 19.2. The van der Waals surface area contributed by atoms with Gasteiger partial charge in [0.05, 0.1) is 18.2 Å². The number of hydrogen-bond donors (Lipinski definition) is 1. The second kappa shape index (κ2) is 8.85. The molecule has 0 bridgehead atoms. The van der Waals surface area contributed by atoms with Crippen LogP contribution < -0.4 is 5.32 Å². The molecule has 0 spiro atoms. The van der Waals surface area contributed by atoms with Crippen LogP contribution in [-0.4, -0.2) is 36.4 Å². The van der Waals surface area contributed by atoms with Crippen molar-refractivity contribution in [1.29, 1.82) is 0 Å². The number of aryl methyl sites for hydroxylation is 2. The molecule has 28 heavy (non-hydrogen) atoms. The van der Waals surface area contributed by atoms with Gasteiger partial charge in [0, 0.05) is 12.1 Å². The Morgan fingerprint density at radius 2 is 1.86 bits per heavy atom. The third-order valence-corrected chi connectivity index (χ3v) is 4.79. The lowest BCUT2D eigenvalue weighted by Gasteiger charge is -2.25. The Morgan fingerprint density at radius 3 is 2.54 bits per heavy atom. The maximum absolute atomic E-state index is 12.5. The highest BCUT2D eigenvalue weighted by Gasteiger charge is 2.18. The molecule has 0 aliphatic heterocycles. The normalized spacial score (nSPS) is 12.2. The van der Waals surface area contributed by atoms with E-state index in [4.69, 9.17) is 4.42 Å². The molecule has 146 valence electrons. The highest BCUT2D eigenvalue weighted by molar-refractivity contribution is 5.78. The van der Waals surface area contributed by atoms with Crippen LogP contribution in [0, 0.1) is 13.8 Å². The zero-order valence-electron chi connectivity index (χ0n) is 16.9. The molecule has 3 aromatic rings. The van der Waals surface area contributed by atoms with Gasteiger partial charge in [0.2, 0.25) is 11.8 Å². The topological polar surface area (TPSA) is 58.4 Å². The van der Waals surface area contributed by atoms with E-state index in [0.29, 0.717) is 23.9 Å². The minimum Gasteiger partial charge on any atom is -0.441 e. The second-order valence-electron chi connectivity index (χ2n) is 7.26. The molecule has 1 aromatic heterocycles. The summed E-state index contributed by atoms with van der Waals surface area (Å²) >= 11 is 0. The van der Waals surface area contributed by atoms with Crippen LogP contribution in [0.1, 0.15) is 28.6 Å². The number of hydrogen-bond acceptors (Lipinski definition) is 4. The van der Waals surface area contributed by atoms with Gasteiger partial charge in [-0.15, -0.1) is 0 Å². The second-order valence-corrected chi connectivity index (χ2v) is 7.26. The van der Waals surface area contributed by atoms with Crippen molar-refractivity contribution in [2.24, 2.45) is 0 Å². The number of aromatic nitrogens is 1. The molecule has 1 unspecified atom stereocenters. The Bertz CT molecular complexity index is 932. The number of carbonyl (C=O) groups is 1. The monoisotopic (exact) mass is 377 g/mol. The van der Waals surface area contributed by atoms with Gasteiger partial charge in [0.15, 0.2) is 0 Å². The Balaban J connectivity index is 1.65. The summed E-state index contributed by atoms with van der Waals surface area (Å²) in [6.45, 7) is 4.42. The third-order valence-electron chi connectivity index (χ3n) is 4.79. The lowest BCUT2D eigenvalue weighted by Crippen LogP contribution is -2.35. The number of nitrogens with zero attached hydrogens (tertiary/aromatic N) is 2. The van der Waals surface area contributed by atoms with Gasteiger partial charge in [-0.1, -0.05) is 48.0 Å². The van der Waals surface area contributed by atoms with Crippen molar-refractivity contribution < 1.29 is 9.21 Å². The SMILES string of the molecule is Cc1cccc(-c2nc(CC(=O)NCC(c3ccccc3)N(C)C)c(C)o2)c1. The molecule has 0 saturated heterocycles. The van der Waals surface area contributed by atoms with Crippen LogP contribution in [-0.2, 0) is 11.2 Å². The van der Waals surface area contributed by atoms with Crippen LogP contribution in [0.15, 0.2) is 59.0 Å². The van der Waals surface area contributed by atoms with Gasteiger partial charge < -0.3 is 14.6 Å². The first-order chi connectivity index (χ1) is 13.4. The predicted octanol–water partition coefficient (Wildman–Crippen LogP) is 3.92. The van der Waals surface area contributed by atoms with Crippen LogP contribution in [0.3, 0.4) is 0 Å². The van der Waals surface area contributed by atoms with Gasteiger partial charge in [0.1, 0.15) is 5.76 Å². The average molecular weight is 377 g/mol. The zero-order chi connectivity index (χ0) is 20.1. The Kier molecular flexibility index (Phi) is 6.26. The predicted molar refractivity (Wildman–Crippen MR) is 111 cm³/mol. The first-order valence-electron chi connectivity index (χ1n) is 9.45. The number of amides is 1. The lowest BCUT2D eigenvalue weighted by molar-refractivity contribution is -0.120. The fourth-order valence-corrected chi connectivity index (χ4v) is 3.19. The highest BCUT2D eigenvalue weighted by Crippen LogP contribution is 2.23. The van der Waals surface area contributed by atoms with E-state index in [1.165, 1.54) is 5.56 Å². The third kappa shape index (κ3) is 4.87. The summed E-state index contributed by atoms with van der Waals surface area (Å²) in [7, 11) is 4.03. The summed E-state index contributed by atoms with van der Waals surface area (Å²) in [5, 5.41) is 3.03. The van der Waals surface area contributed by atoms with E-state index < -0.39 is 0 Å². The van der Waals surface area contributed by atoms with Gasteiger partial charge in [0.25, 0.3) is 0 Å². The van der Waals surface area contributed by atoms with Crippen molar-refractivity contribution >= 4 is 5.91 Å². The maximum atomic E-state index is 12.5. The van der Waals surface area contributed by atoms with E-state index in [-0.39, 0.29) is 18.4 Å². The molecule has 0 aliphatic rings. The fraction of sp³-hybridized carbons (Fsp3) is 0.304. The van der Waals surface area contributed by atoms with Crippen molar-refractivity contribution in [2.45, 2.75) is 26.3 Å². The van der Waals surface area contributed by atoms with Crippen molar-refractivity contribution in [3.8, 4) is 11.5 Å². The van der Waals surface area contributed by atoms with Gasteiger partial charge in [-0.05, 0) is 45.6 Å². The number of carbonyl (C=O) groups excluding carboxylic acids is 1. The average Bonchev–Trinajstić information content (AvgIpc) is 3.03. The van der Waals surface area contributed by atoms with Crippen LogP contribution >= 0.6 is 0 Å². The van der Waals surface area contributed by atoms with Gasteiger partial charge >= 0.3 is 0 Å². The summed E-state index contributed by atoms with van der Waals surface area (Å²) in [6, 6.07) is 18.3. The molecular weight excluding hydrogens is 350 g/mol. The van der Waals surface area contributed by atoms with Crippen LogP contribution in [0.25, 0.3) is 11.5 Å². The molecule has 0 saturated carbocycles. The standard InChI is InChI=1S/C23H27N3O2/c1-16-9-8-12-19(13-16)23-25-20(17(2)28-23)14-22(27)24-15-21(26(3)4)18-10-6-5-7-11-18/h5-13,21H,14-15H2,1-4H3,(H,24,27). The van der Waals surface area contributed by atoms with Crippen LogP contribution in [0.2, 0.25) is 0 Å². The molecule has 5 nitrogen and oxygen atoms in total. The van der Waals surface area contributed by atoms with E-state index in [9.17, 15) is 4.79 Å². The molecule has 0 fully saturated rings. The summed E-state index contributed by atoms with van der Waals surface area (Å²) in [6.07, 6.45) is 0.204. The van der Waals surface area contributed by atoms with E-state index in [1.807, 2.05) is 70.4 Å². The van der Waals surface area contributed by atoms with Gasteiger partial charge in [-0.2, -0.15) is 0 Å². The van der Waals surface area contributed by atoms with E-state index in [2.05, 4.69) is 27.3 Å². The first-order valence-corrected chi connectivity index (χ1v) is 9.45. The quantitative estimate of drug-likeness (QED) is 0.678. The molecule has 1 atom stereocenters. The van der Waals surface area contributed by atoms with Crippen molar-refractivity contribution in [3.05, 3.63) is 77.2 Å². The summed E-state index contributed by atoms with van der Waals surface area (Å²) < 4.78 is 5.79. The molecule has 1 heterocycles. The van der Waals surface area contributed by atoms with Gasteiger partial charge in [-0.25, -0.2) is 4.98 Å². The number of benzene rings is 2. The van der Waals surface area contributed by atoms with E-state index in [0.717, 1.165) is 11.1 Å². The smallest absolute Gasteiger partial charge is 0.226 e. The first kappa shape index (κ1) is 19.8. The molecule has 0 radical (unpaired) electrons.